The van der Waals surface area contributed by atoms with Gasteiger partial charge >= 0.3 is 0 Å². The summed E-state index contributed by atoms with van der Waals surface area (Å²) in [5.41, 5.74) is 0.484. The number of ether oxygens (including phenoxy) is 13. The normalized spacial score (nSPS) is 32.8. The molecule has 3 saturated carbocycles. The van der Waals surface area contributed by atoms with E-state index in [9.17, 15) is 0 Å². The summed E-state index contributed by atoms with van der Waals surface area (Å²) in [4.78, 5) is 0. The highest BCUT2D eigenvalue weighted by atomic mass is 16.6. The molecule has 0 N–H and O–H groups in total. The molecule has 5 aliphatic heterocycles. The van der Waals surface area contributed by atoms with Gasteiger partial charge in [-0.25, -0.2) is 0 Å². The van der Waals surface area contributed by atoms with E-state index in [1.54, 1.807) is 0 Å². The summed E-state index contributed by atoms with van der Waals surface area (Å²) in [6.45, 7) is 36.8. The Hall–Kier alpha value is -0.520. The largest absolute Gasteiger partial charge is 0.380 e. The van der Waals surface area contributed by atoms with E-state index in [0.29, 0.717) is 99.5 Å². The second-order valence-corrected chi connectivity index (χ2v) is 22.2. The standard InChI is InChI=1S/C13H24O3.C12H22O2.C11H22O3.C11H20O2.C9H18O3/c1-3-10(2)15-7-6-14-9-11-4-5-12-13(8-11)16-12;1-4-9(2)13-8-10-5-6-11-12(3,7-10)14-11;1-4-10(2)14-6-5-12-7-11(3)8-13-9-11;1-3-8(2)12-7-9-4-5-10-11(6-9)13-10;1-3-8(2)11-5-4-10-6-9-7-12-9/h10-13H,3-9H2,1-2H3;9-11H,4-8H2,1-3H3;10H,4-9H2,1-3H3;8-11H,3-7H2,1-2H3;8-9H,3-7H2,1-2H3. The molecule has 13 heteroatoms. The van der Waals surface area contributed by atoms with Gasteiger partial charge in [-0.2, -0.15) is 0 Å². The highest BCUT2D eigenvalue weighted by molar-refractivity contribution is 5.03. The van der Waals surface area contributed by atoms with Gasteiger partial charge in [-0.1, -0.05) is 41.5 Å². The molecule has 8 aliphatic rings. The van der Waals surface area contributed by atoms with E-state index >= 15 is 0 Å². The van der Waals surface area contributed by atoms with E-state index in [1.165, 1.54) is 57.8 Å². The Labute approximate surface area is 421 Å². The van der Waals surface area contributed by atoms with E-state index < -0.39 is 0 Å². The fraction of sp³-hybridized carbons (Fsp3) is 1.00. The van der Waals surface area contributed by atoms with Crippen LogP contribution in [-0.4, -0.2) is 165 Å². The van der Waals surface area contributed by atoms with Crippen LogP contribution in [0.3, 0.4) is 0 Å². The fourth-order valence-corrected chi connectivity index (χ4v) is 8.91. The molecule has 3 aliphatic carbocycles. The third-order valence-electron chi connectivity index (χ3n) is 15.2. The second-order valence-electron chi connectivity index (χ2n) is 22.2. The lowest BCUT2D eigenvalue weighted by Gasteiger charge is -2.37. The van der Waals surface area contributed by atoms with Gasteiger partial charge in [0.2, 0.25) is 0 Å². The smallest absolute Gasteiger partial charge is 0.104 e. The van der Waals surface area contributed by atoms with E-state index in [-0.39, 0.29) is 11.0 Å². The Kier molecular flexibility index (Phi) is 29.6. The van der Waals surface area contributed by atoms with E-state index in [1.807, 2.05) is 0 Å². The Bertz CT molecular complexity index is 1290. The second kappa shape index (κ2) is 33.4. The number of hydrogen-bond acceptors (Lipinski definition) is 13. The number of fused-ring (bicyclic) bond motifs is 3. The minimum absolute atomic E-state index is 0.224. The number of rotatable bonds is 29. The van der Waals surface area contributed by atoms with Crippen LogP contribution in [0, 0.1) is 23.2 Å². The quantitative estimate of drug-likeness (QED) is 0.0521. The van der Waals surface area contributed by atoms with Crippen molar-refractivity contribution in [3.8, 4) is 0 Å². The minimum atomic E-state index is 0.224. The summed E-state index contributed by atoms with van der Waals surface area (Å²) in [6, 6.07) is 0. The van der Waals surface area contributed by atoms with Crippen molar-refractivity contribution in [2.45, 2.75) is 246 Å². The van der Waals surface area contributed by atoms with E-state index in [4.69, 9.17) is 61.6 Å². The van der Waals surface area contributed by atoms with Gasteiger partial charge in [-0.3, -0.25) is 0 Å². The molecule has 0 aromatic carbocycles. The Balaban J connectivity index is 0.000000188. The van der Waals surface area contributed by atoms with Crippen molar-refractivity contribution in [1.29, 1.82) is 0 Å². The number of hydrogen-bond donors (Lipinski definition) is 0. The summed E-state index contributed by atoms with van der Waals surface area (Å²) >= 11 is 0. The summed E-state index contributed by atoms with van der Waals surface area (Å²) in [7, 11) is 0. The zero-order valence-electron chi connectivity index (χ0n) is 46.2. The van der Waals surface area contributed by atoms with Crippen molar-refractivity contribution in [2.75, 3.05) is 92.5 Å². The van der Waals surface area contributed by atoms with E-state index in [0.717, 1.165) is 110 Å². The first-order valence-corrected chi connectivity index (χ1v) is 28.2. The van der Waals surface area contributed by atoms with Crippen LogP contribution in [0.25, 0.3) is 0 Å². The molecule has 5 saturated heterocycles. The van der Waals surface area contributed by atoms with Crippen molar-refractivity contribution < 1.29 is 61.6 Å². The molecule has 5 heterocycles. The van der Waals surface area contributed by atoms with Crippen LogP contribution >= 0.6 is 0 Å². The van der Waals surface area contributed by atoms with Gasteiger partial charge in [0.1, 0.15) is 6.10 Å². The lowest BCUT2D eigenvalue weighted by molar-refractivity contribution is -0.141. The molecule has 15 atom stereocenters. The van der Waals surface area contributed by atoms with Crippen molar-refractivity contribution in [3.05, 3.63) is 0 Å². The molecular formula is C56H106O13. The lowest BCUT2D eigenvalue weighted by Crippen LogP contribution is -2.43. The van der Waals surface area contributed by atoms with Crippen molar-refractivity contribution in [1.82, 2.24) is 0 Å². The summed E-state index contributed by atoms with van der Waals surface area (Å²) in [6.07, 6.45) is 21.9. The van der Waals surface area contributed by atoms with Gasteiger partial charge in [-0.05, 0) is 149 Å². The van der Waals surface area contributed by atoms with Crippen molar-refractivity contribution in [3.63, 3.8) is 0 Å². The lowest BCUT2D eigenvalue weighted by atomic mass is 9.83. The maximum atomic E-state index is 5.79. The predicted octanol–water partition coefficient (Wildman–Crippen LogP) is 10.6. The number of epoxide rings is 4. The highest BCUT2D eigenvalue weighted by Crippen LogP contribution is 2.49. The molecule has 0 amide bonds. The molecule has 13 nitrogen and oxygen atoms in total. The van der Waals surface area contributed by atoms with E-state index in [2.05, 4.69) is 83.1 Å². The van der Waals surface area contributed by atoms with Crippen LogP contribution in [0.2, 0.25) is 0 Å². The SMILES string of the molecule is CCC(C)OCC1CCC2OC2(C)C1.CCC(C)OCC1CCC2OC2C1.CCC(C)OCCOCC1(C)COC1.CCC(C)OCCOCC1CCC2OC2C1.CCC(C)OCCOCC1CO1. The van der Waals surface area contributed by atoms with Gasteiger partial charge in [0.15, 0.2) is 0 Å². The van der Waals surface area contributed by atoms with Crippen LogP contribution in [0.4, 0.5) is 0 Å². The van der Waals surface area contributed by atoms with Crippen LogP contribution in [0.5, 0.6) is 0 Å². The fourth-order valence-electron chi connectivity index (χ4n) is 8.91. The van der Waals surface area contributed by atoms with Crippen LogP contribution in [-0.2, 0) is 61.6 Å². The third kappa shape index (κ3) is 26.5. The summed E-state index contributed by atoms with van der Waals surface area (Å²) < 4.78 is 71.3. The van der Waals surface area contributed by atoms with Crippen LogP contribution in [0.1, 0.15) is 173 Å². The van der Waals surface area contributed by atoms with Crippen molar-refractivity contribution in [2.24, 2.45) is 23.2 Å². The maximum absolute atomic E-state index is 5.79. The van der Waals surface area contributed by atoms with Crippen LogP contribution < -0.4 is 0 Å². The van der Waals surface area contributed by atoms with Gasteiger partial charge in [0.05, 0.1) is 139 Å². The summed E-state index contributed by atoms with van der Waals surface area (Å²) in [5.74, 6) is 2.21. The first-order chi connectivity index (χ1) is 33.2. The van der Waals surface area contributed by atoms with Gasteiger partial charge in [0.25, 0.3) is 0 Å². The molecule has 15 unspecified atom stereocenters. The molecule has 408 valence electrons. The molecule has 8 fully saturated rings. The van der Waals surface area contributed by atoms with Gasteiger partial charge < -0.3 is 61.6 Å². The Morgan fingerprint density at radius 3 is 1.35 bits per heavy atom. The minimum Gasteiger partial charge on any atom is -0.380 e. The Morgan fingerprint density at radius 1 is 0.478 bits per heavy atom. The molecule has 0 aromatic heterocycles. The zero-order valence-corrected chi connectivity index (χ0v) is 46.2. The molecular weight excluding hydrogens is 881 g/mol. The molecule has 0 bridgehead atoms. The van der Waals surface area contributed by atoms with Gasteiger partial charge in [0, 0.05) is 25.2 Å². The highest BCUT2D eigenvalue weighted by Gasteiger charge is 2.55. The average molecular weight is 987 g/mol. The molecule has 69 heavy (non-hydrogen) atoms. The van der Waals surface area contributed by atoms with Crippen molar-refractivity contribution >= 4 is 0 Å². The third-order valence-corrected chi connectivity index (χ3v) is 15.2. The average Bonchev–Trinajstić information content (AvgIpc) is 4.15. The molecule has 0 radical (unpaired) electrons. The molecule has 0 aromatic rings. The Morgan fingerprint density at radius 2 is 0.913 bits per heavy atom. The first-order valence-electron chi connectivity index (χ1n) is 28.2. The molecule has 8 rings (SSSR count). The summed E-state index contributed by atoms with van der Waals surface area (Å²) in [5, 5.41) is 0. The topological polar surface area (TPSA) is 133 Å². The molecule has 0 spiro atoms. The first kappa shape index (κ1) is 61.0. The van der Waals surface area contributed by atoms with Gasteiger partial charge in [-0.15, -0.1) is 0 Å². The monoisotopic (exact) mass is 987 g/mol. The predicted molar refractivity (Wildman–Crippen MR) is 272 cm³/mol. The van der Waals surface area contributed by atoms with Crippen LogP contribution in [0.15, 0.2) is 0 Å². The zero-order chi connectivity index (χ0) is 50.1. The maximum Gasteiger partial charge on any atom is 0.104 e.